The van der Waals surface area contributed by atoms with Crippen LogP contribution in [-0.2, 0) is 14.8 Å². The molecule has 0 N–H and O–H groups in total. The highest BCUT2D eigenvalue weighted by molar-refractivity contribution is 7.93. The molecule has 2 heterocycles. The molecular formula is C18H27N3O3S. The van der Waals surface area contributed by atoms with Gasteiger partial charge in [0.2, 0.25) is 15.9 Å². The van der Waals surface area contributed by atoms with Gasteiger partial charge < -0.3 is 4.90 Å². The monoisotopic (exact) mass is 365 g/mol. The lowest BCUT2D eigenvalue weighted by molar-refractivity contribution is -0.136. The molecule has 1 aromatic rings. The van der Waals surface area contributed by atoms with Gasteiger partial charge in [0, 0.05) is 37.9 Å². The van der Waals surface area contributed by atoms with Gasteiger partial charge in [-0.05, 0) is 44.7 Å². The zero-order valence-corrected chi connectivity index (χ0v) is 15.6. The van der Waals surface area contributed by atoms with Crippen LogP contribution >= 0.6 is 0 Å². The summed E-state index contributed by atoms with van der Waals surface area (Å²) in [6.07, 6.45) is 8.67. The van der Waals surface area contributed by atoms with Crippen LogP contribution < -0.4 is 4.31 Å². The number of sulfonamides is 1. The predicted molar refractivity (Wildman–Crippen MR) is 97.7 cm³/mol. The Morgan fingerprint density at radius 2 is 1.88 bits per heavy atom. The van der Waals surface area contributed by atoms with Crippen LogP contribution in [0, 0.1) is 5.92 Å². The first-order valence-electron chi connectivity index (χ1n) is 9.24. The lowest BCUT2D eigenvalue weighted by Gasteiger charge is -2.36. The number of amides is 1. The number of hydrogen-bond donors (Lipinski definition) is 0. The van der Waals surface area contributed by atoms with E-state index in [4.69, 9.17) is 0 Å². The molecular weight excluding hydrogens is 338 g/mol. The lowest BCUT2D eigenvalue weighted by Crippen LogP contribution is -2.50. The van der Waals surface area contributed by atoms with Gasteiger partial charge in [-0.3, -0.25) is 14.1 Å². The first-order chi connectivity index (χ1) is 12.0. The second-order valence-corrected chi connectivity index (χ2v) is 9.08. The number of carbonyl (C=O) groups is 1. The van der Waals surface area contributed by atoms with Crippen LogP contribution in [0.4, 0.5) is 5.69 Å². The highest BCUT2D eigenvalue weighted by atomic mass is 32.2. The maximum atomic E-state index is 13.2. The molecule has 1 unspecified atom stereocenters. The molecule has 7 heteroatoms. The summed E-state index contributed by atoms with van der Waals surface area (Å²) in [6.45, 7) is 3.21. The Bertz CT molecular complexity index is 687. The Hall–Kier alpha value is -1.63. The zero-order chi connectivity index (χ0) is 17.9. The molecule has 1 saturated heterocycles. The number of nitrogens with zero attached hydrogens (tertiary/aromatic N) is 3. The topological polar surface area (TPSA) is 70.6 Å². The van der Waals surface area contributed by atoms with Crippen molar-refractivity contribution in [3.63, 3.8) is 0 Å². The van der Waals surface area contributed by atoms with Crippen molar-refractivity contribution in [3.05, 3.63) is 24.5 Å². The van der Waals surface area contributed by atoms with Gasteiger partial charge in [0.25, 0.3) is 0 Å². The van der Waals surface area contributed by atoms with E-state index in [0.717, 1.165) is 32.1 Å². The summed E-state index contributed by atoms with van der Waals surface area (Å²) >= 11 is 0. The summed E-state index contributed by atoms with van der Waals surface area (Å²) in [5, 5.41) is -0.528. The van der Waals surface area contributed by atoms with Crippen LogP contribution in [0.25, 0.3) is 0 Å². The molecule has 2 fully saturated rings. The van der Waals surface area contributed by atoms with Crippen molar-refractivity contribution >= 4 is 21.6 Å². The minimum absolute atomic E-state index is 0.101. The number of likely N-dealkylation sites (tertiary alicyclic amines) is 1. The molecule has 138 valence electrons. The molecule has 0 aromatic carbocycles. The van der Waals surface area contributed by atoms with E-state index in [-0.39, 0.29) is 11.8 Å². The summed E-state index contributed by atoms with van der Waals surface area (Å²) in [5.41, 5.74) is 0.636. The third-order valence-electron chi connectivity index (χ3n) is 5.36. The minimum Gasteiger partial charge on any atom is -0.341 e. The van der Waals surface area contributed by atoms with E-state index >= 15 is 0 Å². The summed E-state index contributed by atoms with van der Waals surface area (Å²) in [4.78, 5) is 18.4. The maximum Gasteiger partial charge on any atom is 0.239 e. The summed E-state index contributed by atoms with van der Waals surface area (Å²) < 4.78 is 27.8. The first-order valence-corrected chi connectivity index (χ1v) is 10.7. The number of aromatic nitrogens is 1. The summed E-state index contributed by atoms with van der Waals surface area (Å²) in [5.74, 6) is 0.258. The molecule has 3 rings (SSSR count). The number of hydrogen-bond acceptors (Lipinski definition) is 4. The molecule has 6 nitrogen and oxygen atoms in total. The van der Waals surface area contributed by atoms with Crippen LogP contribution in [-0.4, -0.2) is 49.1 Å². The van der Waals surface area contributed by atoms with Gasteiger partial charge in [-0.15, -0.1) is 0 Å². The average Bonchev–Trinajstić information content (AvgIpc) is 3.17. The van der Waals surface area contributed by atoms with Crippen molar-refractivity contribution in [1.29, 1.82) is 0 Å². The number of piperidine rings is 1. The Labute approximate surface area is 150 Å². The largest absolute Gasteiger partial charge is 0.341 e. The summed E-state index contributed by atoms with van der Waals surface area (Å²) in [6, 6.07) is 3.43. The Morgan fingerprint density at radius 3 is 2.52 bits per heavy atom. The fourth-order valence-electron chi connectivity index (χ4n) is 4.01. The smallest absolute Gasteiger partial charge is 0.239 e. The Morgan fingerprint density at radius 1 is 1.20 bits per heavy atom. The van der Waals surface area contributed by atoms with Gasteiger partial charge in [0.05, 0.1) is 10.9 Å². The molecule has 0 spiro atoms. The highest BCUT2D eigenvalue weighted by Gasteiger charge is 2.38. The minimum atomic E-state index is -3.51. The molecule has 0 bridgehead atoms. The van der Waals surface area contributed by atoms with Gasteiger partial charge in [0.15, 0.2) is 0 Å². The van der Waals surface area contributed by atoms with Crippen molar-refractivity contribution < 1.29 is 13.2 Å². The number of pyridine rings is 1. The Kier molecular flexibility index (Phi) is 5.61. The van der Waals surface area contributed by atoms with E-state index in [2.05, 4.69) is 4.98 Å². The predicted octanol–water partition coefficient (Wildman–Crippen LogP) is 2.42. The SMILES string of the molecule is CCN(c1ccncc1)S(=O)(=O)C1CCCN(C(=O)C2CCCC2)C1. The maximum absolute atomic E-state index is 13.2. The number of rotatable bonds is 5. The fourth-order valence-corrected chi connectivity index (χ4v) is 5.98. The van der Waals surface area contributed by atoms with Gasteiger partial charge in [-0.2, -0.15) is 0 Å². The quantitative estimate of drug-likeness (QED) is 0.803. The lowest BCUT2D eigenvalue weighted by atomic mass is 10.0. The zero-order valence-electron chi connectivity index (χ0n) is 14.8. The van der Waals surface area contributed by atoms with Crippen molar-refractivity contribution in [2.45, 2.75) is 50.7 Å². The van der Waals surface area contributed by atoms with Crippen LogP contribution in [0.2, 0.25) is 0 Å². The van der Waals surface area contributed by atoms with Crippen LogP contribution in [0.5, 0.6) is 0 Å². The van der Waals surface area contributed by atoms with E-state index in [1.54, 1.807) is 29.4 Å². The molecule has 1 aliphatic carbocycles. The van der Waals surface area contributed by atoms with Crippen molar-refractivity contribution in [3.8, 4) is 0 Å². The van der Waals surface area contributed by atoms with E-state index < -0.39 is 15.3 Å². The average molecular weight is 365 g/mol. The molecule has 1 atom stereocenters. The third kappa shape index (κ3) is 3.81. The standard InChI is InChI=1S/C18H27N3O3S/c1-2-21(16-9-11-19-12-10-16)25(23,24)17-8-5-13-20(14-17)18(22)15-6-3-4-7-15/h9-12,15,17H,2-8,13-14H2,1H3. The second kappa shape index (κ2) is 7.72. The van der Waals surface area contributed by atoms with Crippen molar-refractivity contribution in [2.75, 3.05) is 23.9 Å². The van der Waals surface area contributed by atoms with Gasteiger partial charge in [-0.25, -0.2) is 8.42 Å². The number of carbonyl (C=O) groups excluding carboxylic acids is 1. The van der Waals surface area contributed by atoms with E-state index in [9.17, 15) is 13.2 Å². The fraction of sp³-hybridized carbons (Fsp3) is 0.667. The molecule has 1 amide bonds. The Balaban J connectivity index is 1.76. The van der Waals surface area contributed by atoms with E-state index in [1.165, 1.54) is 4.31 Å². The molecule has 1 saturated carbocycles. The summed E-state index contributed by atoms with van der Waals surface area (Å²) in [7, 11) is -3.51. The molecule has 1 aliphatic heterocycles. The van der Waals surface area contributed by atoms with E-state index in [1.807, 2.05) is 6.92 Å². The van der Waals surface area contributed by atoms with Gasteiger partial charge >= 0.3 is 0 Å². The molecule has 2 aliphatic rings. The molecule has 25 heavy (non-hydrogen) atoms. The van der Waals surface area contributed by atoms with Gasteiger partial charge in [0.1, 0.15) is 0 Å². The van der Waals surface area contributed by atoms with Crippen molar-refractivity contribution in [1.82, 2.24) is 9.88 Å². The second-order valence-electron chi connectivity index (χ2n) is 6.94. The van der Waals surface area contributed by atoms with E-state index in [0.29, 0.717) is 31.7 Å². The normalized spacial score (nSPS) is 22.1. The first kappa shape index (κ1) is 18.2. The molecule has 0 radical (unpaired) electrons. The van der Waals surface area contributed by atoms with Gasteiger partial charge in [-0.1, -0.05) is 12.8 Å². The van der Waals surface area contributed by atoms with Crippen molar-refractivity contribution in [2.24, 2.45) is 5.92 Å². The van der Waals surface area contributed by atoms with Crippen LogP contribution in [0.3, 0.4) is 0 Å². The highest BCUT2D eigenvalue weighted by Crippen LogP contribution is 2.30. The molecule has 1 aromatic heterocycles. The van der Waals surface area contributed by atoms with Crippen LogP contribution in [0.1, 0.15) is 45.4 Å². The number of anilines is 1. The van der Waals surface area contributed by atoms with Crippen LogP contribution in [0.15, 0.2) is 24.5 Å². The third-order valence-corrected chi connectivity index (χ3v) is 7.67.